The lowest BCUT2D eigenvalue weighted by molar-refractivity contribution is -0.344. The Bertz CT molecular complexity index is 1350. The van der Waals surface area contributed by atoms with E-state index in [-0.39, 0.29) is 16.9 Å². The molecule has 0 radical (unpaired) electrons. The first-order valence-corrected chi connectivity index (χ1v) is 10.7. The molecular weight excluding hydrogens is 451 g/mol. The van der Waals surface area contributed by atoms with Crippen molar-refractivity contribution in [2.45, 2.75) is 42.0 Å². The number of aliphatic imine (C=N–C) groups is 1. The highest BCUT2D eigenvalue weighted by Gasteiger charge is 2.66. The number of aromatic hydroxyl groups is 1. The molecule has 5 heterocycles. The van der Waals surface area contributed by atoms with Crippen LogP contribution in [0.15, 0.2) is 16.0 Å². The van der Waals surface area contributed by atoms with Gasteiger partial charge in [0.25, 0.3) is 0 Å². The lowest BCUT2D eigenvalue weighted by Gasteiger charge is -2.45. The van der Waals surface area contributed by atoms with Crippen molar-refractivity contribution in [2.24, 2.45) is 4.99 Å². The number of fused-ring (bicyclic) bond motifs is 3. The van der Waals surface area contributed by atoms with Crippen molar-refractivity contribution in [3.63, 3.8) is 0 Å². The largest absolute Gasteiger partial charge is 0.542 e. The summed E-state index contributed by atoms with van der Waals surface area (Å²) in [4.78, 5) is 27.0. The van der Waals surface area contributed by atoms with E-state index in [0.29, 0.717) is 17.9 Å². The van der Waals surface area contributed by atoms with Gasteiger partial charge in [-0.1, -0.05) is 0 Å². The Kier molecular flexibility index (Phi) is 3.67. The molecule has 166 valence electrons. The lowest BCUT2D eigenvalue weighted by atomic mass is 9.62. The molecule has 1 aliphatic carbocycles. The molecule has 1 spiro atoms. The average molecular weight is 465 g/mol. The average Bonchev–Trinajstić information content (AvgIpc) is 3.26. The molecule has 8 nitrogen and oxygen atoms in total. The quantitative estimate of drug-likeness (QED) is 0.324. The van der Waals surface area contributed by atoms with E-state index in [1.807, 2.05) is 6.21 Å². The number of halogens is 3. The van der Waals surface area contributed by atoms with Gasteiger partial charge in [0.05, 0.1) is 27.3 Å². The molecule has 1 aromatic rings. The number of nitrogens with zero attached hydrogens (tertiary/aromatic N) is 2. The third-order valence-corrected chi connectivity index (χ3v) is 8.21. The van der Waals surface area contributed by atoms with E-state index in [9.17, 15) is 28.2 Å². The highest BCUT2D eigenvalue weighted by Crippen LogP contribution is 2.62. The fourth-order valence-electron chi connectivity index (χ4n) is 5.73. The van der Waals surface area contributed by atoms with Gasteiger partial charge >= 0.3 is 6.18 Å². The number of aliphatic hydroxyl groups is 1. The Morgan fingerprint density at radius 3 is 2.81 bits per heavy atom. The minimum absolute atomic E-state index is 0.00966. The number of benzene rings is 1. The molecule has 3 bridgehead atoms. The van der Waals surface area contributed by atoms with Gasteiger partial charge in [0.15, 0.2) is 5.75 Å². The molecule has 0 amide bonds. The van der Waals surface area contributed by atoms with E-state index in [4.69, 9.17) is 9.90 Å². The van der Waals surface area contributed by atoms with Gasteiger partial charge in [0.1, 0.15) is 24.3 Å². The molecule has 0 aromatic heterocycles. The summed E-state index contributed by atoms with van der Waals surface area (Å²) in [6.07, 6.45) is -0.870. The van der Waals surface area contributed by atoms with Gasteiger partial charge < -0.3 is 25.4 Å². The number of carbonyl (C=O) groups excluding carboxylic acids is 2. The number of phenolic OH excluding ortho intramolecular Hbond substituents is 1. The smallest absolute Gasteiger partial charge is 0.430 e. The summed E-state index contributed by atoms with van der Waals surface area (Å²) in [6.45, 7) is 0.689. The zero-order valence-electron chi connectivity index (χ0n) is 16.1. The van der Waals surface area contributed by atoms with Crippen LogP contribution >= 0.6 is 11.8 Å². The number of carboxylic acids is 1. The van der Waals surface area contributed by atoms with E-state index in [2.05, 4.69) is 14.9 Å². The number of anilines is 1. The van der Waals surface area contributed by atoms with Crippen LogP contribution in [0, 0.1) is 0 Å². The number of alkyl halides is 3. The van der Waals surface area contributed by atoms with Crippen molar-refractivity contribution >= 4 is 46.7 Å². The second-order valence-corrected chi connectivity index (χ2v) is 9.65. The van der Waals surface area contributed by atoms with E-state index in [1.165, 1.54) is 0 Å². The maximum absolute atomic E-state index is 12.8. The summed E-state index contributed by atoms with van der Waals surface area (Å²) in [5.74, 6) is -2.84. The summed E-state index contributed by atoms with van der Waals surface area (Å²) in [5.41, 5.74) is 2.82. The Hall–Kier alpha value is -2.86. The number of phenols is 1. The second kappa shape index (κ2) is 5.93. The number of aliphatic hydroxyl groups excluding tert-OH is 1. The van der Waals surface area contributed by atoms with Crippen LogP contribution in [0.3, 0.4) is 0 Å². The summed E-state index contributed by atoms with van der Waals surface area (Å²) >= 11 is 1.61. The summed E-state index contributed by atoms with van der Waals surface area (Å²) in [7, 11) is 0. The number of carbonyl (C=O) groups is 2. The maximum atomic E-state index is 12.8. The maximum Gasteiger partial charge on any atom is 0.430 e. The Morgan fingerprint density at radius 2 is 2.12 bits per heavy atom. The molecular formula is C20H14F3N3O5S. The normalized spacial score (nSPS) is 31.7. The molecule has 1 saturated heterocycles. The molecule has 0 unspecified atom stereocenters. The molecule has 32 heavy (non-hydrogen) atoms. The predicted molar refractivity (Wildman–Crippen MR) is 105 cm³/mol. The molecule has 6 aliphatic rings. The van der Waals surface area contributed by atoms with Gasteiger partial charge in [-0.25, -0.2) is 4.58 Å². The van der Waals surface area contributed by atoms with Gasteiger partial charge in [0.2, 0.25) is 17.2 Å². The van der Waals surface area contributed by atoms with Crippen LogP contribution in [-0.2, 0) is 15.0 Å². The Balaban J connectivity index is 0.000000247. The first-order valence-electron chi connectivity index (χ1n) is 9.81. The highest BCUT2D eigenvalue weighted by atomic mass is 32.2. The molecule has 1 fully saturated rings. The second-order valence-electron chi connectivity index (χ2n) is 8.41. The van der Waals surface area contributed by atoms with Crippen molar-refractivity contribution in [3.8, 4) is 5.75 Å². The van der Waals surface area contributed by atoms with Crippen LogP contribution in [0.4, 0.5) is 24.5 Å². The molecule has 5 aliphatic heterocycles. The van der Waals surface area contributed by atoms with Crippen molar-refractivity contribution in [1.82, 2.24) is 4.58 Å². The number of ketones is 1. The van der Waals surface area contributed by atoms with E-state index in [0.717, 1.165) is 39.5 Å². The van der Waals surface area contributed by atoms with E-state index < -0.39 is 29.7 Å². The van der Waals surface area contributed by atoms with Crippen molar-refractivity contribution < 1.29 is 38.1 Å². The number of thioether (sulfide) groups is 1. The van der Waals surface area contributed by atoms with Crippen molar-refractivity contribution in [2.75, 3.05) is 11.9 Å². The molecule has 12 heteroatoms. The van der Waals surface area contributed by atoms with Crippen LogP contribution in [-0.4, -0.2) is 58.4 Å². The van der Waals surface area contributed by atoms with E-state index in [1.54, 1.807) is 17.8 Å². The van der Waals surface area contributed by atoms with Gasteiger partial charge in [-0.05, 0) is 18.1 Å². The topological polar surface area (TPSA) is 125 Å². The van der Waals surface area contributed by atoms with Gasteiger partial charge in [-0.2, -0.15) is 13.2 Å². The molecule has 4 atom stereocenters. The number of hydrogen-bond acceptors (Lipinski definition) is 8. The summed E-state index contributed by atoms with van der Waals surface area (Å²) in [6, 6.07) is -0.530. The van der Waals surface area contributed by atoms with Crippen LogP contribution in [0.1, 0.15) is 18.4 Å². The molecule has 0 saturated carbocycles. The first kappa shape index (κ1) is 19.8. The zero-order valence-corrected chi connectivity index (χ0v) is 16.9. The summed E-state index contributed by atoms with van der Waals surface area (Å²) in [5, 5.41) is 36.5. The van der Waals surface area contributed by atoms with Crippen LogP contribution in [0.25, 0.3) is 5.57 Å². The standard InChI is InChI=1S/C18H13N3O3S.C2HF3O2/c22-7-3-8-18-4-9(25-8)20-13-11(18)15-10-6(5-19-12(10)16(13)23)1-2-21(15)14(7)17(18)24;3-2(4,5)1(6)7/h3,5,9,14,17,24H,1-2,4H2,(H,19,20,23);(H,6,7)/t9-,14+,17-,18+;/m0./s1. The highest BCUT2D eigenvalue weighted by molar-refractivity contribution is 8.04. The monoisotopic (exact) mass is 465 g/mol. The van der Waals surface area contributed by atoms with Crippen molar-refractivity contribution in [1.29, 1.82) is 0 Å². The molecule has 7 rings (SSSR count). The number of aliphatic carboxylic acids is 1. The summed E-state index contributed by atoms with van der Waals surface area (Å²) < 4.78 is 33.6. The number of hydrogen-bond donors (Lipinski definition) is 3. The van der Waals surface area contributed by atoms with Crippen LogP contribution < -0.4 is 25.6 Å². The van der Waals surface area contributed by atoms with Gasteiger partial charge in [-0.15, -0.1) is 11.8 Å². The minimum Gasteiger partial charge on any atom is -0.542 e. The molecule has 1 aromatic carbocycles. The first-order chi connectivity index (χ1) is 15.1. The SMILES string of the molecule is O=C([O-])C(F)(F)F.O=C1C=C2S[C@H]3C[C@]24c2c(c(O)c5c6c2=[N+](CCC=6C=N5)[C@H]1[C@@H]4O)N3. The van der Waals surface area contributed by atoms with Crippen LogP contribution in [0.2, 0.25) is 0 Å². The zero-order chi connectivity index (χ0) is 22.7. The third-order valence-electron chi connectivity index (χ3n) is 6.91. The predicted octanol–water partition coefficient (Wildman–Crippen LogP) is -1.21. The lowest BCUT2D eigenvalue weighted by Crippen LogP contribution is -2.70. The van der Waals surface area contributed by atoms with Crippen LogP contribution in [0.5, 0.6) is 5.75 Å². The Morgan fingerprint density at radius 1 is 1.41 bits per heavy atom. The number of rotatable bonds is 0. The van der Waals surface area contributed by atoms with Gasteiger partial charge in [0, 0.05) is 17.5 Å². The third kappa shape index (κ3) is 2.18. The number of carboxylic acid groups (broad SMARTS) is 1. The Labute approximate surface area is 181 Å². The fourth-order valence-corrected chi connectivity index (χ4v) is 7.26. The fraction of sp³-hybridized carbons (Fsp3) is 0.400. The minimum atomic E-state index is -5.19. The van der Waals surface area contributed by atoms with E-state index >= 15 is 0 Å². The number of nitrogens with one attached hydrogen (secondary N) is 1. The van der Waals surface area contributed by atoms with Gasteiger partial charge in [-0.3, -0.25) is 9.79 Å². The molecule has 3 N–H and O–H groups in total. The van der Waals surface area contributed by atoms with Crippen molar-refractivity contribution in [3.05, 3.63) is 27.1 Å².